The van der Waals surface area contributed by atoms with Gasteiger partial charge >= 0.3 is 6.09 Å². The Morgan fingerprint density at radius 1 is 1.33 bits per heavy atom. The molecule has 4 nitrogen and oxygen atoms in total. The third-order valence-electron chi connectivity index (χ3n) is 4.57. The number of ether oxygens (including phenoxy) is 1. The topological polar surface area (TPSA) is 32.8 Å². The zero-order valence-electron chi connectivity index (χ0n) is 14.4. The summed E-state index contributed by atoms with van der Waals surface area (Å²) < 4.78 is 21.3. The first kappa shape index (κ1) is 17.5. The third kappa shape index (κ3) is 3.53. The smallest absolute Gasteiger partial charge is 0.410 e. The molecule has 0 saturated carbocycles. The molecule has 0 unspecified atom stereocenters. The highest BCUT2D eigenvalue weighted by Gasteiger charge is 2.38. The van der Waals surface area contributed by atoms with Crippen molar-refractivity contribution in [2.24, 2.45) is 0 Å². The zero-order valence-corrected chi connectivity index (χ0v) is 16.0. The summed E-state index contributed by atoms with van der Waals surface area (Å²) in [6, 6.07) is 5.89. The molecular formula is C18H24BrFN2O2. The molecule has 2 aliphatic heterocycles. The summed E-state index contributed by atoms with van der Waals surface area (Å²) >= 11 is 3.58. The summed E-state index contributed by atoms with van der Waals surface area (Å²) in [6.45, 7) is 6.92. The number of benzene rings is 1. The average Bonchev–Trinajstić information content (AvgIpc) is 2.90. The molecule has 0 aromatic heterocycles. The van der Waals surface area contributed by atoms with Crippen LogP contribution in [0, 0.1) is 0 Å². The van der Waals surface area contributed by atoms with Gasteiger partial charge < -0.3 is 14.5 Å². The van der Waals surface area contributed by atoms with Crippen LogP contribution < -0.4 is 4.90 Å². The second-order valence-corrected chi connectivity index (χ2v) is 8.33. The number of nitrogens with zero attached hydrogens (tertiary/aromatic N) is 2. The number of alkyl halides is 1. The summed E-state index contributed by atoms with van der Waals surface area (Å²) in [4.78, 5) is 15.8. The molecule has 2 atom stereocenters. The van der Waals surface area contributed by atoms with Crippen LogP contribution in [0.3, 0.4) is 0 Å². The molecule has 1 aromatic carbocycles. The lowest BCUT2D eigenvalue weighted by atomic mass is 10.0. The molecule has 0 N–H and O–H groups in total. The summed E-state index contributed by atoms with van der Waals surface area (Å²) in [5.41, 5.74) is 1.81. The van der Waals surface area contributed by atoms with Crippen LogP contribution in [0.15, 0.2) is 22.7 Å². The van der Waals surface area contributed by atoms with E-state index >= 15 is 0 Å². The van der Waals surface area contributed by atoms with Gasteiger partial charge in [0.15, 0.2) is 0 Å². The van der Waals surface area contributed by atoms with Crippen molar-refractivity contribution in [1.82, 2.24) is 4.90 Å². The number of fused-ring (bicyclic) bond motifs is 1. The predicted octanol–water partition coefficient (Wildman–Crippen LogP) is 4.16. The van der Waals surface area contributed by atoms with Crippen LogP contribution >= 0.6 is 15.9 Å². The summed E-state index contributed by atoms with van der Waals surface area (Å²) in [5, 5.41) is 0. The van der Waals surface area contributed by atoms with Gasteiger partial charge in [0.1, 0.15) is 11.8 Å². The Morgan fingerprint density at radius 2 is 2.08 bits per heavy atom. The number of hydrogen-bond acceptors (Lipinski definition) is 3. The fourth-order valence-corrected chi connectivity index (χ4v) is 4.05. The number of halogens is 2. The zero-order chi connectivity index (χ0) is 17.5. The maximum Gasteiger partial charge on any atom is 0.410 e. The van der Waals surface area contributed by atoms with Crippen molar-refractivity contribution in [2.75, 3.05) is 24.5 Å². The largest absolute Gasteiger partial charge is 0.444 e. The van der Waals surface area contributed by atoms with Gasteiger partial charge in [-0.3, -0.25) is 0 Å². The number of carbonyl (C=O) groups excluding carboxylic acids is 1. The monoisotopic (exact) mass is 398 g/mol. The van der Waals surface area contributed by atoms with Crippen molar-refractivity contribution in [3.05, 3.63) is 28.2 Å². The first-order valence-electron chi connectivity index (χ1n) is 8.42. The van der Waals surface area contributed by atoms with E-state index in [0.717, 1.165) is 23.1 Å². The van der Waals surface area contributed by atoms with Crippen molar-refractivity contribution < 1.29 is 13.9 Å². The normalized spacial score (nSPS) is 24.0. The number of amides is 1. The van der Waals surface area contributed by atoms with Crippen molar-refractivity contribution in [3.63, 3.8) is 0 Å². The highest BCUT2D eigenvalue weighted by molar-refractivity contribution is 9.10. The first-order chi connectivity index (χ1) is 11.3. The summed E-state index contributed by atoms with van der Waals surface area (Å²) in [6.07, 6.45) is 0.0478. The molecule has 2 heterocycles. The van der Waals surface area contributed by atoms with Crippen molar-refractivity contribution in [3.8, 4) is 0 Å². The average molecular weight is 399 g/mol. The number of likely N-dealkylation sites (tertiary alicyclic amines) is 1. The van der Waals surface area contributed by atoms with Crippen LogP contribution in [0.2, 0.25) is 0 Å². The van der Waals surface area contributed by atoms with Gasteiger partial charge in [-0.2, -0.15) is 0 Å². The first-order valence-corrected chi connectivity index (χ1v) is 9.21. The van der Waals surface area contributed by atoms with Gasteiger partial charge in [0.2, 0.25) is 0 Å². The minimum absolute atomic E-state index is 0.0966. The van der Waals surface area contributed by atoms with Crippen LogP contribution in [-0.4, -0.2) is 48.4 Å². The molecule has 0 aliphatic carbocycles. The van der Waals surface area contributed by atoms with Crippen molar-refractivity contribution in [2.45, 2.75) is 51.4 Å². The Bertz CT molecular complexity index is 632. The Hall–Kier alpha value is -1.30. The highest BCUT2D eigenvalue weighted by Crippen LogP contribution is 2.37. The van der Waals surface area contributed by atoms with Crippen molar-refractivity contribution >= 4 is 27.7 Å². The molecule has 24 heavy (non-hydrogen) atoms. The molecule has 1 amide bonds. The summed E-state index contributed by atoms with van der Waals surface area (Å²) in [5.74, 6) is 0. The Labute approximate surface area is 151 Å². The molecule has 3 rings (SSSR count). The maximum absolute atomic E-state index is 14.8. The second kappa shape index (κ2) is 6.54. The van der Waals surface area contributed by atoms with Gasteiger partial charge in [0.05, 0.1) is 12.6 Å². The van der Waals surface area contributed by atoms with Gasteiger partial charge in [0, 0.05) is 23.2 Å². The van der Waals surface area contributed by atoms with E-state index < -0.39 is 17.9 Å². The van der Waals surface area contributed by atoms with Crippen LogP contribution in [0.1, 0.15) is 32.8 Å². The number of rotatable bonds is 1. The van der Waals surface area contributed by atoms with E-state index in [-0.39, 0.29) is 12.6 Å². The minimum atomic E-state index is -1.07. The minimum Gasteiger partial charge on any atom is -0.444 e. The van der Waals surface area contributed by atoms with E-state index in [0.29, 0.717) is 13.0 Å². The molecule has 6 heteroatoms. The SMILES string of the molecule is CC(C)(C)OC(=O)N1CC[C@H](N2CCc3c(Br)cccc32)[C@@H](F)C1. The number of piperidine rings is 1. The van der Waals surface area contributed by atoms with E-state index in [1.165, 1.54) is 10.5 Å². The van der Waals surface area contributed by atoms with Crippen LogP contribution in [-0.2, 0) is 11.2 Å². The van der Waals surface area contributed by atoms with E-state index in [4.69, 9.17) is 4.74 Å². The van der Waals surface area contributed by atoms with E-state index in [2.05, 4.69) is 26.9 Å². The van der Waals surface area contributed by atoms with Gasteiger partial charge in [-0.05, 0) is 51.3 Å². The van der Waals surface area contributed by atoms with E-state index in [9.17, 15) is 9.18 Å². The Morgan fingerprint density at radius 3 is 2.75 bits per heavy atom. The number of hydrogen-bond donors (Lipinski definition) is 0. The lowest BCUT2D eigenvalue weighted by Crippen LogP contribution is -2.54. The summed E-state index contributed by atoms with van der Waals surface area (Å²) in [7, 11) is 0. The van der Waals surface area contributed by atoms with Crippen LogP contribution in [0.25, 0.3) is 0 Å². The molecule has 1 saturated heterocycles. The molecule has 1 aromatic rings. The van der Waals surface area contributed by atoms with Crippen molar-refractivity contribution in [1.29, 1.82) is 0 Å². The highest BCUT2D eigenvalue weighted by atomic mass is 79.9. The molecule has 0 bridgehead atoms. The molecule has 0 spiro atoms. The second-order valence-electron chi connectivity index (χ2n) is 7.48. The lowest BCUT2D eigenvalue weighted by molar-refractivity contribution is 0.0112. The van der Waals surface area contributed by atoms with Gasteiger partial charge in [-0.1, -0.05) is 22.0 Å². The third-order valence-corrected chi connectivity index (χ3v) is 5.31. The molecule has 2 aliphatic rings. The van der Waals surface area contributed by atoms with Gasteiger partial charge in [-0.25, -0.2) is 9.18 Å². The predicted molar refractivity (Wildman–Crippen MR) is 96.3 cm³/mol. The fraction of sp³-hybridized carbons (Fsp3) is 0.611. The van der Waals surface area contributed by atoms with Crippen LogP contribution in [0.4, 0.5) is 14.9 Å². The van der Waals surface area contributed by atoms with Gasteiger partial charge in [-0.15, -0.1) is 0 Å². The van der Waals surface area contributed by atoms with E-state index in [1.54, 1.807) is 0 Å². The Kier molecular flexibility index (Phi) is 4.78. The number of anilines is 1. The molecule has 1 fully saturated rings. The maximum atomic E-state index is 14.8. The fourth-order valence-electron chi connectivity index (χ4n) is 3.50. The standard InChI is InChI=1S/C18H24BrFN2O2/c1-18(2,3)24-17(23)21-9-8-16(14(20)11-21)22-10-7-12-13(19)5-4-6-15(12)22/h4-6,14,16H,7-11H2,1-3H3/t14-,16-/m0/s1. The van der Waals surface area contributed by atoms with Crippen LogP contribution in [0.5, 0.6) is 0 Å². The Balaban J connectivity index is 1.68. The van der Waals surface area contributed by atoms with E-state index in [1.807, 2.05) is 32.9 Å². The van der Waals surface area contributed by atoms with Gasteiger partial charge in [0.25, 0.3) is 0 Å². The molecular weight excluding hydrogens is 375 g/mol. The number of carbonyl (C=O) groups is 1. The lowest BCUT2D eigenvalue weighted by Gasteiger charge is -2.40. The quantitative estimate of drug-likeness (QED) is 0.711. The molecule has 0 radical (unpaired) electrons. The molecule has 132 valence electrons.